The second-order valence-electron chi connectivity index (χ2n) is 5.20. The first-order valence-corrected chi connectivity index (χ1v) is 6.93. The maximum absolute atomic E-state index is 12.2. The van der Waals surface area contributed by atoms with Gasteiger partial charge in [-0.1, -0.05) is 6.42 Å². The van der Waals surface area contributed by atoms with E-state index in [0.29, 0.717) is 18.9 Å². The molecular formula is C13H21N5O2. The second kappa shape index (κ2) is 6.51. The molecule has 7 nitrogen and oxygen atoms in total. The number of primary amides is 1. The summed E-state index contributed by atoms with van der Waals surface area (Å²) < 4.78 is 1.59. The molecule has 2 amide bonds. The zero-order valence-electron chi connectivity index (χ0n) is 11.4. The number of aryl methyl sites for hydroxylation is 1. The van der Waals surface area contributed by atoms with Gasteiger partial charge < -0.3 is 16.8 Å². The fraction of sp³-hybridized carbons (Fsp3) is 0.615. The standard InChI is InChI=1S/C13H21N5O2/c14-8-9-2-1-3-10(9)13(20)16-12-5-7-18(17-12)6-4-11(15)19/h5,7,9-10H,1-4,6,8,14H2,(H2,15,19)(H,16,17,20)/t9-,10-/m1/s1. The van der Waals surface area contributed by atoms with Crippen molar-refractivity contribution >= 4 is 17.6 Å². The van der Waals surface area contributed by atoms with E-state index in [1.165, 1.54) is 0 Å². The van der Waals surface area contributed by atoms with Gasteiger partial charge in [0.05, 0.1) is 0 Å². The van der Waals surface area contributed by atoms with E-state index in [4.69, 9.17) is 11.5 Å². The molecule has 0 saturated heterocycles. The van der Waals surface area contributed by atoms with Crippen LogP contribution in [0.3, 0.4) is 0 Å². The lowest BCUT2D eigenvalue weighted by Gasteiger charge is -2.16. The Bertz CT molecular complexity index is 485. The molecule has 1 aromatic heterocycles. The van der Waals surface area contributed by atoms with Crippen molar-refractivity contribution in [1.82, 2.24) is 9.78 Å². The van der Waals surface area contributed by atoms with E-state index in [0.717, 1.165) is 19.3 Å². The van der Waals surface area contributed by atoms with Gasteiger partial charge in [-0.3, -0.25) is 14.3 Å². The van der Waals surface area contributed by atoms with E-state index < -0.39 is 0 Å². The lowest BCUT2D eigenvalue weighted by Crippen LogP contribution is -2.29. The Morgan fingerprint density at radius 2 is 2.25 bits per heavy atom. The van der Waals surface area contributed by atoms with Crippen LogP contribution in [0.2, 0.25) is 0 Å². The number of rotatable bonds is 6. The monoisotopic (exact) mass is 279 g/mol. The van der Waals surface area contributed by atoms with Crippen LogP contribution in [0.25, 0.3) is 0 Å². The minimum Gasteiger partial charge on any atom is -0.370 e. The van der Waals surface area contributed by atoms with Gasteiger partial charge in [0.1, 0.15) is 0 Å². The minimum atomic E-state index is -0.372. The largest absolute Gasteiger partial charge is 0.370 e. The molecule has 1 fully saturated rings. The molecule has 2 atom stereocenters. The average Bonchev–Trinajstić information content (AvgIpc) is 3.04. The van der Waals surface area contributed by atoms with Crippen molar-refractivity contribution in [2.75, 3.05) is 11.9 Å². The lowest BCUT2D eigenvalue weighted by molar-refractivity contribution is -0.121. The van der Waals surface area contributed by atoms with Crippen LogP contribution in [0, 0.1) is 11.8 Å². The topological polar surface area (TPSA) is 116 Å². The summed E-state index contributed by atoms with van der Waals surface area (Å²) in [6.45, 7) is 0.963. The zero-order valence-corrected chi connectivity index (χ0v) is 11.4. The lowest BCUT2D eigenvalue weighted by atomic mass is 9.95. The van der Waals surface area contributed by atoms with Crippen LogP contribution >= 0.6 is 0 Å². The summed E-state index contributed by atoms with van der Waals surface area (Å²) >= 11 is 0. The number of aromatic nitrogens is 2. The molecule has 0 aromatic carbocycles. The number of carbonyl (C=O) groups is 2. The highest BCUT2D eigenvalue weighted by Gasteiger charge is 2.32. The van der Waals surface area contributed by atoms with Crippen LogP contribution in [0.5, 0.6) is 0 Å². The summed E-state index contributed by atoms with van der Waals surface area (Å²) in [6.07, 6.45) is 4.89. The van der Waals surface area contributed by atoms with E-state index in [2.05, 4.69) is 10.4 Å². The second-order valence-corrected chi connectivity index (χ2v) is 5.20. The Morgan fingerprint density at radius 1 is 1.45 bits per heavy atom. The summed E-state index contributed by atoms with van der Waals surface area (Å²) in [5.41, 5.74) is 10.8. The van der Waals surface area contributed by atoms with Gasteiger partial charge in [0.25, 0.3) is 0 Å². The molecule has 5 N–H and O–H groups in total. The number of anilines is 1. The molecule has 1 aliphatic carbocycles. The Balaban J connectivity index is 1.89. The van der Waals surface area contributed by atoms with Crippen molar-refractivity contribution in [2.24, 2.45) is 23.3 Å². The molecule has 0 bridgehead atoms. The van der Waals surface area contributed by atoms with Crippen LogP contribution in [-0.4, -0.2) is 28.1 Å². The Morgan fingerprint density at radius 3 is 2.95 bits per heavy atom. The predicted molar refractivity (Wildman–Crippen MR) is 74.6 cm³/mol. The third-order valence-electron chi connectivity index (χ3n) is 3.78. The van der Waals surface area contributed by atoms with Crippen LogP contribution in [0.15, 0.2) is 12.3 Å². The van der Waals surface area contributed by atoms with Crippen LogP contribution in [0.1, 0.15) is 25.7 Å². The first-order chi connectivity index (χ1) is 9.60. The zero-order chi connectivity index (χ0) is 14.5. The fourth-order valence-electron chi connectivity index (χ4n) is 2.66. The third kappa shape index (κ3) is 3.57. The van der Waals surface area contributed by atoms with E-state index in [9.17, 15) is 9.59 Å². The molecule has 20 heavy (non-hydrogen) atoms. The molecule has 0 aliphatic heterocycles. The average molecular weight is 279 g/mol. The van der Waals surface area contributed by atoms with Crippen molar-refractivity contribution in [3.63, 3.8) is 0 Å². The highest BCUT2D eigenvalue weighted by Crippen LogP contribution is 2.31. The maximum atomic E-state index is 12.2. The van der Waals surface area contributed by atoms with Gasteiger partial charge in [-0.25, -0.2) is 0 Å². The summed E-state index contributed by atoms with van der Waals surface area (Å²) in [4.78, 5) is 22.9. The Labute approximate surface area is 117 Å². The summed E-state index contributed by atoms with van der Waals surface area (Å²) in [6, 6.07) is 1.71. The minimum absolute atomic E-state index is 0.0156. The third-order valence-corrected chi connectivity index (χ3v) is 3.78. The van der Waals surface area contributed by atoms with Crippen LogP contribution < -0.4 is 16.8 Å². The molecule has 0 unspecified atom stereocenters. The molecular weight excluding hydrogens is 258 g/mol. The van der Waals surface area contributed by atoms with E-state index >= 15 is 0 Å². The summed E-state index contributed by atoms with van der Waals surface area (Å²) in [7, 11) is 0. The van der Waals surface area contributed by atoms with E-state index in [-0.39, 0.29) is 30.1 Å². The quantitative estimate of drug-likeness (QED) is 0.683. The molecule has 110 valence electrons. The van der Waals surface area contributed by atoms with E-state index in [1.54, 1.807) is 16.9 Å². The highest BCUT2D eigenvalue weighted by atomic mass is 16.2. The maximum Gasteiger partial charge on any atom is 0.229 e. The van der Waals surface area contributed by atoms with E-state index in [1.807, 2.05) is 0 Å². The first kappa shape index (κ1) is 14.5. The smallest absolute Gasteiger partial charge is 0.229 e. The molecule has 2 rings (SSSR count). The number of hydrogen-bond donors (Lipinski definition) is 3. The predicted octanol–water partition coefficient (Wildman–Crippen LogP) is 0.0720. The Kier molecular flexibility index (Phi) is 4.73. The van der Waals surface area contributed by atoms with Gasteiger partial charge in [-0.2, -0.15) is 5.10 Å². The fourth-order valence-corrected chi connectivity index (χ4v) is 2.66. The summed E-state index contributed by atoms with van der Waals surface area (Å²) in [5, 5.41) is 7.00. The molecule has 1 aromatic rings. The molecule has 1 heterocycles. The van der Waals surface area contributed by atoms with Gasteiger partial charge in [0.15, 0.2) is 5.82 Å². The van der Waals surface area contributed by atoms with Crippen molar-refractivity contribution in [3.8, 4) is 0 Å². The number of hydrogen-bond acceptors (Lipinski definition) is 4. The number of amides is 2. The number of carbonyl (C=O) groups excluding carboxylic acids is 2. The molecule has 0 radical (unpaired) electrons. The highest BCUT2D eigenvalue weighted by molar-refractivity contribution is 5.92. The number of nitrogens with two attached hydrogens (primary N) is 2. The molecule has 1 aliphatic rings. The molecule has 1 saturated carbocycles. The first-order valence-electron chi connectivity index (χ1n) is 6.93. The van der Waals surface area contributed by atoms with Gasteiger partial charge in [-0.05, 0) is 25.3 Å². The van der Waals surface area contributed by atoms with Gasteiger partial charge in [-0.15, -0.1) is 0 Å². The number of nitrogens with one attached hydrogen (secondary N) is 1. The van der Waals surface area contributed by atoms with Crippen LogP contribution in [0.4, 0.5) is 5.82 Å². The van der Waals surface area contributed by atoms with Crippen molar-refractivity contribution in [1.29, 1.82) is 0 Å². The summed E-state index contributed by atoms with van der Waals surface area (Å²) in [5.74, 6) is 0.366. The normalized spacial score (nSPS) is 21.9. The van der Waals surface area contributed by atoms with Gasteiger partial charge >= 0.3 is 0 Å². The van der Waals surface area contributed by atoms with Gasteiger partial charge in [0.2, 0.25) is 11.8 Å². The van der Waals surface area contributed by atoms with Crippen LogP contribution in [-0.2, 0) is 16.1 Å². The van der Waals surface area contributed by atoms with Crippen molar-refractivity contribution in [2.45, 2.75) is 32.2 Å². The van der Waals surface area contributed by atoms with Crippen molar-refractivity contribution in [3.05, 3.63) is 12.3 Å². The van der Waals surface area contributed by atoms with Gasteiger partial charge in [0, 0.05) is 31.1 Å². The number of nitrogens with zero attached hydrogens (tertiary/aromatic N) is 2. The Hall–Kier alpha value is -1.89. The molecule has 0 spiro atoms. The van der Waals surface area contributed by atoms with Crippen molar-refractivity contribution < 1.29 is 9.59 Å². The molecule has 7 heteroatoms. The SMILES string of the molecule is NC[C@H]1CCC[C@H]1C(=O)Nc1ccn(CCC(N)=O)n1.